The molecule has 1 fully saturated rings. The summed E-state index contributed by atoms with van der Waals surface area (Å²) >= 11 is 0. The average Bonchev–Trinajstić information content (AvgIpc) is 2.12. The monoisotopic (exact) mass is 210 g/mol. The number of piperazine rings is 1. The number of carbonyl (C=O) groups excluding carboxylic acids is 1. The van der Waals surface area contributed by atoms with E-state index < -0.39 is 0 Å². The first-order valence-electron chi connectivity index (χ1n) is 5.57. The number of allylic oxidation sites excluding steroid dienone is 1. The molecule has 0 radical (unpaired) electrons. The van der Waals surface area contributed by atoms with Crippen molar-refractivity contribution in [2.75, 3.05) is 20.1 Å². The van der Waals surface area contributed by atoms with Gasteiger partial charge in [0, 0.05) is 31.2 Å². The molecule has 3 nitrogen and oxygen atoms in total. The number of hydrogen-bond donors (Lipinski definition) is 0. The Labute approximate surface area is 92.7 Å². The highest BCUT2D eigenvalue weighted by Crippen LogP contribution is 2.13. The second-order valence-electron chi connectivity index (χ2n) is 4.83. The molecule has 1 rings (SSSR count). The van der Waals surface area contributed by atoms with E-state index in [1.165, 1.54) is 0 Å². The van der Waals surface area contributed by atoms with Gasteiger partial charge >= 0.3 is 0 Å². The van der Waals surface area contributed by atoms with E-state index in [4.69, 9.17) is 0 Å². The smallest absolute Gasteiger partial charge is 0.246 e. The second kappa shape index (κ2) is 4.79. The Bertz CT molecular complexity index is 257. The maximum absolute atomic E-state index is 11.8. The van der Waals surface area contributed by atoms with Crippen LogP contribution in [0, 0.1) is 0 Å². The SMILES string of the molecule is CC(C)=CC(=O)N1CC(C)N(C)C(C)C1. The van der Waals surface area contributed by atoms with Gasteiger partial charge in [0.1, 0.15) is 0 Å². The van der Waals surface area contributed by atoms with Crippen molar-refractivity contribution in [1.29, 1.82) is 0 Å². The van der Waals surface area contributed by atoms with Gasteiger partial charge in [0.2, 0.25) is 5.91 Å². The summed E-state index contributed by atoms with van der Waals surface area (Å²) in [5.74, 6) is 0.154. The zero-order valence-corrected chi connectivity index (χ0v) is 10.4. The van der Waals surface area contributed by atoms with Crippen molar-refractivity contribution in [3.05, 3.63) is 11.6 Å². The Morgan fingerprint density at radius 3 is 2.07 bits per heavy atom. The molecule has 0 aromatic heterocycles. The van der Waals surface area contributed by atoms with Crippen molar-refractivity contribution in [2.24, 2.45) is 0 Å². The van der Waals surface area contributed by atoms with Crippen molar-refractivity contribution in [2.45, 2.75) is 39.8 Å². The average molecular weight is 210 g/mol. The van der Waals surface area contributed by atoms with E-state index >= 15 is 0 Å². The lowest BCUT2D eigenvalue weighted by molar-refractivity contribution is -0.129. The Morgan fingerprint density at radius 2 is 1.67 bits per heavy atom. The Kier molecular flexibility index (Phi) is 3.91. The Hall–Kier alpha value is -0.830. The minimum absolute atomic E-state index is 0.154. The molecule has 1 amide bonds. The molecule has 0 aromatic carbocycles. The molecule has 3 heteroatoms. The predicted molar refractivity (Wildman–Crippen MR) is 62.7 cm³/mol. The van der Waals surface area contributed by atoms with Gasteiger partial charge in [-0.15, -0.1) is 0 Å². The third-order valence-electron chi connectivity index (χ3n) is 3.08. The Morgan fingerprint density at radius 1 is 1.20 bits per heavy atom. The van der Waals surface area contributed by atoms with E-state index in [9.17, 15) is 4.79 Å². The maximum atomic E-state index is 11.8. The molecule has 1 heterocycles. The standard InChI is InChI=1S/C12H22N2O/c1-9(2)6-12(15)14-7-10(3)13(5)11(4)8-14/h6,10-11H,7-8H2,1-5H3. The van der Waals surface area contributed by atoms with Crippen molar-refractivity contribution in [1.82, 2.24) is 9.80 Å². The number of amides is 1. The summed E-state index contributed by atoms with van der Waals surface area (Å²) in [5.41, 5.74) is 1.07. The number of carbonyl (C=O) groups is 1. The van der Waals surface area contributed by atoms with Gasteiger partial charge in [-0.2, -0.15) is 0 Å². The number of likely N-dealkylation sites (N-methyl/N-ethyl adjacent to an activating group) is 1. The Balaban J connectivity index is 2.66. The van der Waals surface area contributed by atoms with E-state index in [0.29, 0.717) is 12.1 Å². The van der Waals surface area contributed by atoms with E-state index in [2.05, 4.69) is 25.8 Å². The van der Waals surface area contributed by atoms with E-state index in [-0.39, 0.29) is 5.91 Å². The van der Waals surface area contributed by atoms with Crippen LogP contribution in [-0.4, -0.2) is 47.9 Å². The van der Waals surface area contributed by atoms with Gasteiger partial charge in [-0.05, 0) is 34.7 Å². The molecule has 15 heavy (non-hydrogen) atoms. The molecule has 1 saturated heterocycles. The van der Waals surface area contributed by atoms with Crippen molar-refractivity contribution in [3.63, 3.8) is 0 Å². The lowest BCUT2D eigenvalue weighted by atomic mass is 10.1. The van der Waals surface area contributed by atoms with Gasteiger partial charge < -0.3 is 4.90 Å². The largest absolute Gasteiger partial charge is 0.336 e. The zero-order chi connectivity index (χ0) is 11.6. The minimum Gasteiger partial charge on any atom is -0.336 e. The summed E-state index contributed by atoms with van der Waals surface area (Å²) in [7, 11) is 2.12. The summed E-state index contributed by atoms with van der Waals surface area (Å²) in [6.07, 6.45) is 1.73. The van der Waals surface area contributed by atoms with Gasteiger partial charge in [0.05, 0.1) is 0 Å². The van der Waals surface area contributed by atoms with Crippen LogP contribution in [0.15, 0.2) is 11.6 Å². The van der Waals surface area contributed by atoms with E-state index in [1.54, 1.807) is 6.08 Å². The number of hydrogen-bond acceptors (Lipinski definition) is 2. The molecular formula is C12H22N2O. The lowest BCUT2D eigenvalue weighted by Gasteiger charge is -2.42. The fourth-order valence-electron chi connectivity index (χ4n) is 1.92. The fraction of sp³-hybridized carbons (Fsp3) is 0.750. The van der Waals surface area contributed by atoms with Crippen LogP contribution in [-0.2, 0) is 4.79 Å². The summed E-state index contributed by atoms with van der Waals surface area (Å²) in [6.45, 7) is 9.92. The molecule has 0 bridgehead atoms. The molecule has 1 aliphatic heterocycles. The van der Waals surface area contributed by atoms with Crippen LogP contribution in [0.5, 0.6) is 0 Å². The highest BCUT2D eigenvalue weighted by molar-refractivity contribution is 5.88. The molecular weight excluding hydrogens is 188 g/mol. The summed E-state index contributed by atoms with van der Waals surface area (Å²) in [4.78, 5) is 16.1. The lowest BCUT2D eigenvalue weighted by Crippen LogP contribution is -2.56. The van der Waals surface area contributed by atoms with Gasteiger partial charge in [-0.3, -0.25) is 9.69 Å². The first-order chi connectivity index (χ1) is 6.91. The van der Waals surface area contributed by atoms with Crippen LogP contribution in [0.4, 0.5) is 0 Å². The van der Waals surface area contributed by atoms with Crippen LogP contribution >= 0.6 is 0 Å². The van der Waals surface area contributed by atoms with Gasteiger partial charge in [0.25, 0.3) is 0 Å². The fourth-order valence-corrected chi connectivity index (χ4v) is 1.92. The van der Waals surface area contributed by atoms with Crippen LogP contribution in [0.25, 0.3) is 0 Å². The molecule has 2 unspecified atom stereocenters. The second-order valence-corrected chi connectivity index (χ2v) is 4.83. The van der Waals surface area contributed by atoms with Crippen molar-refractivity contribution >= 4 is 5.91 Å². The van der Waals surface area contributed by atoms with Gasteiger partial charge in [-0.25, -0.2) is 0 Å². The topological polar surface area (TPSA) is 23.6 Å². The first-order valence-corrected chi connectivity index (χ1v) is 5.57. The third-order valence-corrected chi connectivity index (χ3v) is 3.08. The number of rotatable bonds is 1. The minimum atomic E-state index is 0.154. The van der Waals surface area contributed by atoms with Crippen LogP contribution in [0.3, 0.4) is 0 Å². The molecule has 0 N–H and O–H groups in total. The van der Waals surface area contributed by atoms with E-state index in [1.807, 2.05) is 18.7 Å². The van der Waals surface area contributed by atoms with Crippen molar-refractivity contribution in [3.8, 4) is 0 Å². The molecule has 86 valence electrons. The molecule has 1 aliphatic rings. The first kappa shape index (κ1) is 12.2. The highest BCUT2D eigenvalue weighted by Gasteiger charge is 2.28. The van der Waals surface area contributed by atoms with Gasteiger partial charge in [-0.1, -0.05) is 5.57 Å². The zero-order valence-electron chi connectivity index (χ0n) is 10.4. The van der Waals surface area contributed by atoms with Crippen molar-refractivity contribution < 1.29 is 4.79 Å². The quantitative estimate of drug-likeness (QED) is 0.612. The summed E-state index contributed by atoms with van der Waals surface area (Å²) < 4.78 is 0. The van der Waals surface area contributed by atoms with E-state index in [0.717, 1.165) is 18.7 Å². The number of nitrogens with zero attached hydrogens (tertiary/aromatic N) is 2. The maximum Gasteiger partial charge on any atom is 0.246 e. The normalized spacial score (nSPS) is 27.7. The molecule has 2 atom stereocenters. The summed E-state index contributed by atoms with van der Waals surface area (Å²) in [5, 5.41) is 0. The molecule has 0 saturated carbocycles. The molecule has 0 aromatic rings. The molecule has 0 spiro atoms. The van der Waals surface area contributed by atoms with Crippen LogP contribution in [0.2, 0.25) is 0 Å². The van der Waals surface area contributed by atoms with Gasteiger partial charge in [0.15, 0.2) is 0 Å². The predicted octanol–water partition coefficient (Wildman–Crippen LogP) is 1.50. The summed E-state index contributed by atoms with van der Waals surface area (Å²) in [6, 6.07) is 0.895. The highest BCUT2D eigenvalue weighted by atomic mass is 16.2. The third kappa shape index (κ3) is 3.06. The van der Waals surface area contributed by atoms with Crippen LogP contribution < -0.4 is 0 Å². The molecule has 0 aliphatic carbocycles. The van der Waals surface area contributed by atoms with Crippen LogP contribution in [0.1, 0.15) is 27.7 Å².